The van der Waals surface area contributed by atoms with Gasteiger partial charge in [0, 0.05) is 35.8 Å². The van der Waals surface area contributed by atoms with Gasteiger partial charge < -0.3 is 10.6 Å². The van der Waals surface area contributed by atoms with E-state index < -0.39 is 0 Å². The minimum Gasteiger partial charge on any atom is -0.357 e. The molecule has 1 aromatic heterocycles. The Morgan fingerprint density at radius 3 is 3.00 bits per heavy atom. The molecule has 4 nitrogen and oxygen atoms in total. The molecule has 0 saturated carbocycles. The van der Waals surface area contributed by atoms with Crippen molar-refractivity contribution < 1.29 is 0 Å². The molecule has 2 heterocycles. The zero-order valence-electron chi connectivity index (χ0n) is 13.0. The first kappa shape index (κ1) is 16.6. The number of aliphatic imine (C=N–C) groups is 1. The number of nitrogens with one attached hydrogen (secondary N) is 2. The van der Waals surface area contributed by atoms with Crippen molar-refractivity contribution in [3.8, 4) is 0 Å². The highest BCUT2D eigenvalue weighted by molar-refractivity contribution is 8.00. The third-order valence-corrected chi connectivity index (χ3v) is 5.98. The Hall–Kier alpha value is -0.750. The van der Waals surface area contributed by atoms with Crippen molar-refractivity contribution in [3.63, 3.8) is 0 Å². The van der Waals surface area contributed by atoms with E-state index in [-0.39, 0.29) is 0 Å². The van der Waals surface area contributed by atoms with Gasteiger partial charge in [-0.2, -0.15) is 11.8 Å². The summed E-state index contributed by atoms with van der Waals surface area (Å²) in [4.78, 5) is 10.5. The van der Waals surface area contributed by atoms with Crippen LogP contribution in [0.15, 0.2) is 11.2 Å². The zero-order valence-corrected chi connectivity index (χ0v) is 14.7. The lowest BCUT2D eigenvalue weighted by Crippen LogP contribution is -2.38. The summed E-state index contributed by atoms with van der Waals surface area (Å²) in [6.07, 6.45) is 6.70. The third-order valence-electron chi connectivity index (χ3n) is 3.40. The molecular weight excluding hydrogens is 300 g/mol. The fourth-order valence-corrected chi connectivity index (χ4v) is 4.28. The summed E-state index contributed by atoms with van der Waals surface area (Å²) in [5.74, 6) is 2.24. The van der Waals surface area contributed by atoms with Crippen LogP contribution in [0.4, 0.5) is 0 Å². The van der Waals surface area contributed by atoms with Gasteiger partial charge in [0.05, 0.1) is 11.6 Å². The molecule has 2 N–H and O–H groups in total. The van der Waals surface area contributed by atoms with Crippen LogP contribution >= 0.6 is 23.1 Å². The fraction of sp³-hybridized carbons (Fsp3) is 0.733. The first-order valence-corrected chi connectivity index (χ1v) is 9.75. The first-order chi connectivity index (χ1) is 10.3. The zero-order chi connectivity index (χ0) is 14.9. The van der Waals surface area contributed by atoms with E-state index in [1.807, 2.05) is 17.5 Å². The van der Waals surface area contributed by atoms with Crippen molar-refractivity contribution >= 4 is 29.1 Å². The van der Waals surface area contributed by atoms with Gasteiger partial charge >= 0.3 is 0 Å². The molecule has 0 spiro atoms. The Morgan fingerprint density at radius 2 is 2.33 bits per heavy atom. The number of rotatable bonds is 7. The average Bonchev–Trinajstić information content (AvgIpc) is 3.16. The van der Waals surface area contributed by atoms with Crippen molar-refractivity contribution in [3.05, 3.63) is 16.1 Å². The van der Waals surface area contributed by atoms with Crippen LogP contribution in [0, 0.1) is 0 Å². The Labute approximate surface area is 136 Å². The van der Waals surface area contributed by atoms with Crippen LogP contribution in [0.3, 0.4) is 0 Å². The number of guanidine groups is 1. The molecule has 1 aliphatic heterocycles. The summed E-state index contributed by atoms with van der Waals surface area (Å²) in [6, 6.07) is 0. The Bertz CT molecular complexity index is 439. The lowest BCUT2D eigenvalue weighted by molar-refractivity contribution is 0.760. The minimum absolute atomic E-state index is 0.714. The van der Waals surface area contributed by atoms with Crippen molar-refractivity contribution in [2.24, 2.45) is 4.99 Å². The van der Waals surface area contributed by atoms with Gasteiger partial charge in [-0.15, -0.1) is 11.3 Å². The SMILES string of the molecule is CCNC(=NCC1CCCS1)NCCc1ncc(CC)s1. The Balaban J connectivity index is 1.74. The molecule has 118 valence electrons. The molecule has 1 fully saturated rings. The molecule has 0 bridgehead atoms. The molecule has 0 aliphatic carbocycles. The first-order valence-electron chi connectivity index (χ1n) is 7.89. The molecule has 2 rings (SSSR count). The number of aromatic nitrogens is 1. The lowest BCUT2D eigenvalue weighted by atomic mass is 10.2. The topological polar surface area (TPSA) is 49.3 Å². The van der Waals surface area contributed by atoms with E-state index in [1.165, 1.54) is 28.5 Å². The highest BCUT2D eigenvalue weighted by Gasteiger charge is 2.14. The summed E-state index contributed by atoms with van der Waals surface area (Å²) in [5.41, 5.74) is 0. The van der Waals surface area contributed by atoms with Gasteiger partial charge in [-0.05, 0) is 31.9 Å². The summed E-state index contributed by atoms with van der Waals surface area (Å²) in [6.45, 7) is 7.00. The average molecular weight is 327 g/mol. The monoisotopic (exact) mass is 326 g/mol. The van der Waals surface area contributed by atoms with E-state index in [0.717, 1.165) is 38.4 Å². The Morgan fingerprint density at radius 1 is 1.43 bits per heavy atom. The van der Waals surface area contributed by atoms with E-state index >= 15 is 0 Å². The summed E-state index contributed by atoms with van der Waals surface area (Å²) < 4.78 is 0. The van der Waals surface area contributed by atoms with Crippen molar-refractivity contribution in [2.75, 3.05) is 25.4 Å². The molecule has 0 amide bonds. The van der Waals surface area contributed by atoms with Gasteiger partial charge in [0.2, 0.25) is 0 Å². The van der Waals surface area contributed by atoms with Gasteiger partial charge in [0.1, 0.15) is 0 Å². The van der Waals surface area contributed by atoms with Crippen LogP contribution in [-0.4, -0.2) is 41.6 Å². The molecule has 1 atom stereocenters. The maximum atomic E-state index is 4.70. The second-order valence-electron chi connectivity index (χ2n) is 5.11. The number of hydrogen-bond acceptors (Lipinski definition) is 4. The summed E-state index contributed by atoms with van der Waals surface area (Å²) >= 11 is 3.87. The molecule has 1 aromatic rings. The predicted octanol–water partition coefficient (Wildman–Crippen LogP) is 2.70. The smallest absolute Gasteiger partial charge is 0.191 e. The molecule has 1 aliphatic rings. The fourth-order valence-electron chi connectivity index (χ4n) is 2.24. The van der Waals surface area contributed by atoms with Crippen LogP contribution in [0.5, 0.6) is 0 Å². The third kappa shape index (κ3) is 5.87. The second kappa shape index (κ2) is 9.30. The second-order valence-corrected chi connectivity index (χ2v) is 7.71. The quantitative estimate of drug-likeness (QED) is 0.597. The maximum absolute atomic E-state index is 4.70. The van der Waals surface area contributed by atoms with Crippen LogP contribution in [0.25, 0.3) is 0 Å². The van der Waals surface area contributed by atoms with E-state index in [4.69, 9.17) is 4.99 Å². The summed E-state index contributed by atoms with van der Waals surface area (Å²) in [5, 5.41) is 8.66. The van der Waals surface area contributed by atoms with E-state index in [9.17, 15) is 0 Å². The molecule has 0 aromatic carbocycles. The van der Waals surface area contributed by atoms with Gasteiger partial charge in [0.15, 0.2) is 5.96 Å². The maximum Gasteiger partial charge on any atom is 0.191 e. The van der Waals surface area contributed by atoms with Crippen LogP contribution in [-0.2, 0) is 12.8 Å². The van der Waals surface area contributed by atoms with Crippen molar-refractivity contribution in [2.45, 2.75) is 44.8 Å². The van der Waals surface area contributed by atoms with E-state index in [1.54, 1.807) is 0 Å². The van der Waals surface area contributed by atoms with Crippen molar-refractivity contribution in [1.82, 2.24) is 15.6 Å². The van der Waals surface area contributed by atoms with Gasteiger partial charge in [0.25, 0.3) is 0 Å². The molecule has 1 saturated heterocycles. The standard InChI is InChI=1S/C15H26N4S2/c1-3-12-10-18-14(21-12)7-8-17-15(16-4-2)19-11-13-6-5-9-20-13/h10,13H,3-9,11H2,1-2H3,(H2,16,17,19). The van der Waals surface area contributed by atoms with Gasteiger partial charge in [-0.1, -0.05) is 6.92 Å². The normalized spacial score (nSPS) is 19.0. The number of aryl methyl sites for hydroxylation is 1. The van der Waals surface area contributed by atoms with E-state index in [0.29, 0.717) is 5.25 Å². The number of hydrogen-bond donors (Lipinski definition) is 2. The number of thioether (sulfide) groups is 1. The number of nitrogens with zero attached hydrogens (tertiary/aromatic N) is 2. The lowest BCUT2D eigenvalue weighted by Gasteiger charge is -2.12. The predicted molar refractivity (Wildman–Crippen MR) is 94.7 cm³/mol. The molecular formula is C15H26N4S2. The van der Waals surface area contributed by atoms with Crippen LogP contribution in [0.1, 0.15) is 36.6 Å². The highest BCUT2D eigenvalue weighted by atomic mass is 32.2. The minimum atomic E-state index is 0.714. The van der Waals surface area contributed by atoms with Crippen molar-refractivity contribution in [1.29, 1.82) is 0 Å². The highest BCUT2D eigenvalue weighted by Crippen LogP contribution is 2.25. The Kier molecular flexibility index (Phi) is 7.36. The molecule has 0 radical (unpaired) electrons. The largest absolute Gasteiger partial charge is 0.357 e. The molecule has 1 unspecified atom stereocenters. The van der Waals surface area contributed by atoms with Crippen LogP contribution in [0.2, 0.25) is 0 Å². The van der Waals surface area contributed by atoms with Gasteiger partial charge in [-0.25, -0.2) is 4.98 Å². The molecule has 21 heavy (non-hydrogen) atoms. The summed E-state index contributed by atoms with van der Waals surface area (Å²) in [7, 11) is 0. The van der Waals surface area contributed by atoms with E-state index in [2.05, 4.69) is 41.2 Å². The van der Waals surface area contributed by atoms with Gasteiger partial charge in [-0.3, -0.25) is 4.99 Å². The number of thiazole rings is 1. The molecule has 6 heteroatoms. The van der Waals surface area contributed by atoms with Crippen LogP contribution < -0.4 is 10.6 Å².